The van der Waals surface area contributed by atoms with Gasteiger partial charge in [0.05, 0.1) is 7.11 Å². The van der Waals surface area contributed by atoms with Crippen LogP contribution in [0.3, 0.4) is 0 Å². The van der Waals surface area contributed by atoms with Gasteiger partial charge in [-0.2, -0.15) is 0 Å². The van der Waals surface area contributed by atoms with Gasteiger partial charge in [-0.1, -0.05) is 31.4 Å². The topological polar surface area (TPSA) is 77.0 Å². The van der Waals surface area contributed by atoms with Crippen LogP contribution < -0.4 is 10.1 Å². The molecular weight excluding hydrogens is 382 g/mol. The van der Waals surface area contributed by atoms with Gasteiger partial charge in [-0.05, 0) is 56.4 Å². The fourth-order valence-electron chi connectivity index (χ4n) is 4.47. The highest BCUT2D eigenvalue weighted by molar-refractivity contribution is 5.92. The Kier molecular flexibility index (Phi) is 8.58. The molecule has 1 aromatic rings. The van der Waals surface area contributed by atoms with E-state index in [1.165, 1.54) is 6.42 Å². The minimum Gasteiger partial charge on any atom is -0.497 e. The van der Waals surface area contributed by atoms with Gasteiger partial charge in [-0.3, -0.25) is 4.79 Å². The van der Waals surface area contributed by atoms with Crippen molar-refractivity contribution < 1.29 is 24.1 Å². The number of hydrogen-bond acceptors (Lipinski definition) is 5. The molecule has 0 spiro atoms. The molecule has 0 aromatic heterocycles. The molecule has 0 bridgehead atoms. The molecule has 6 heteroatoms. The molecule has 1 saturated carbocycles. The van der Waals surface area contributed by atoms with Crippen LogP contribution in [-0.4, -0.2) is 43.7 Å². The standard InChI is InChI=1S/C24H35NO5/c1-3-29-24-20(10-7-15-26)21(17-11-13-19(28-2)14-12-17)16-22(30-24)23(27)25-18-8-5-4-6-9-18/h11-14,16,18,20-21,24,26H,3-10,15H2,1-2H3,(H,25,27)/t20-,21+,24+/m1/s1. The first-order chi connectivity index (χ1) is 14.7. The first-order valence-electron chi connectivity index (χ1n) is 11.2. The summed E-state index contributed by atoms with van der Waals surface area (Å²) < 4.78 is 17.3. The molecule has 2 aliphatic rings. The molecule has 3 atom stereocenters. The van der Waals surface area contributed by atoms with Crippen LogP contribution in [0.5, 0.6) is 5.75 Å². The van der Waals surface area contributed by atoms with E-state index in [4.69, 9.17) is 14.2 Å². The van der Waals surface area contributed by atoms with Gasteiger partial charge in [-0.15, -0.1) is 0 Å². The Morgan fingerprint density at radius 2 is 1.93 bits per heavy atom. The first kappa shape index (κ1) is 22.6. The van der Waals surface area contributed by atoms with E-state index >= 15 is 0 Å². The summed E-state index contributed by atoms with van der Waals surface area (Å²) in [5.41, 5.74) is 1.08. The fourth-order valence-corrected chi connectivity index (χ4v) is 4.47. The van der Waals surface area contributed by atoms with Crippen molar-refractivity contribution in [3.63, 3.8) is 0 Å². The molecule has 1 amide bonds. The summed E-state index contributed by atoms with van der Waals surface area (Å²) in [6.45, 7) is 2.53. The maximum Gasteiger partial charge on any atom is 0.286 e. The van der Waals surface area contributed by atoms with Gasteiger partial charge in [0.15, 0.2) is 5.76 Å². The predicted molar refractivity (Wildman–Crippen MR) is 115 cm³/mol. The van der Waals surface area contributed by atoms with Gasteiger partial charge < -0.3 is 24.6 Å². The fraction of sp³-hybridized carbons (Fsp3) is 0.625. The van der Waals surface area contributed by atoms with E-state index in [1.54, 1.807) is 7.11 Å². The second-order valence-electron chi connectivity index (χ2n) is 8.11. The summed E-state index contributed by atoms with van der Waals surface area (Å²) in [5.74, 6) is 0.931. The zero-order chi connectivity index (χ0) is 21.3. The van der Waals surface area contributed by atoms with Crippen LogP contribution in [-0.2, 0) is 14.3 Å². The van der Waals surface area contributed by atoms with Crippen LogP contribution in [0.25, 0.3) is 0 Å². The maximum absolute atomic E-state index is 13.0. The highest BCUT2D eigenvalue weighted by Crippen LogP contribution is 2.39. The van der Waals surface area contributed by atoms with Crippen molar-refractivity contribution in [2.24, 2.45) is 5.92 Å². The summed E-state index contributed by atoms with van der Waals surface area (Å²) in [6, 6.07) is 8.12. The Labute approximate surface area is 179 Å². The van der Waals surface area contributed by atoms with Crippen LogP contribution in [0.15, 0.2) is 36.1 Å². The van der Waals surface area contributed by atoms with Crippen molar-refractivity contribution in [3.05, 3.63) is 41.7 Å². The molecule has 0 radical (unpaired) electrons. The number of methoxy groups -OCH3 is 1. The van der Waals surface area contributed by atoms with E-state index in [2.05, 4.69) is 5.32 Å². The lowest BCUT2D eigenvalue weighted by Gasteiger charge is -2.37. The van der Waals surface area contributed by atoms with Crippen LogP contribution in [0.1, 0.15) is 63.4 Å². The molecule has 1 aliphatic carbocycles. The normalized spacial score (nSPS) is 24.6. The lowest BCUT2D eigenvalue weighted by molar-refractivity contribution is -0.166. The largest absolute Gasteiger partial charge is 0.497 e. The van der Waals surface area contributed by atoms with Gasteiger partial charge in [0, 0.05) is 31.1 Å². The summed E-state index contributed by atoms with van der Waals surface area (Å²) in [6.07, 6.45) is 8.40. The number of carbonyl (C=O) groups is 1. The molecule has 0 unspecified atom stereocenters. The number of allylic oxidation sites excluding steroid dienone is 1. The third-order valence-electron chi connectivity index (χ3n) is 6.08. The zero-order valence-electron chi connectivity index (χ0n) is 18.1. The molecule has 3 rings (SSSR count). The molecule has 30 heavy (non-hydrogen) atoms. The van der Waals surface area contributed by atoms with Crippen LogP contribution in [0.4, 0.5) is 0 Å². The smallest absolute Gasteiger partial charge is 0.286 e. The monoisotopic (exact) mass is 417 g/mol. The Bertz CT molecular complexity index is 696. The van der Waals surface area contributed by atoms with Gasteiger partial charge in [-0.25, -0.2) is 0 Å². The van der Waals surface area contributed by atoms with Crippen molar-refractivity contribution in [2.75, 3.05) is 20.3 Å². The summed E-state index contributed by atoms with van der Waals surface area (Å²) in [7, 11) is 1.65. The van der Waals surface area contributed by atoms with Crippen molar-refractivity contribution >= 4 is 5.91 Å². The Hall–Kier alpha value is -2.05. The Morgan fingerprint density at radius 1 is 1.20 bits per heavy atom. The number of benzene rings is 1. The highest BCUT2D eigenvalue weighted by atomic mass is 16.7. The van der Waals surface area contributed by atoms with E-state index in [-0.39, 0.29) is 30.4 Å². The molecule has 1 fully saturated rings. The number of nitrogens with one attached hydrogen (secondary N) is 1. The Balaban J connectivity index is 1.86. The molecule has 6 nitrogen and oxygen atoms in total. The lowest BCUT2D eigenvalue weighted by Crippen LogP contribution is -2.42. The molecule has 1 aromatic carbocycles. The van der Waals surface area contributed by atoms with Gasteiger partial charge in [0.25, 0.3) is 5.91 Å². The molecule has 2 N–H and O–H groups in total. The van der Waals surface area contributed by atoms with E-state index < -0.39 is 6.29 Å². The number of ether oxygens (including phenoxy) is 3. The van der Waals surface area contributed by atoms with Crippen molar-refractivity contribution in [2.45, 2.75) is 70.1 Å². The second-order valence-corrected chi connectivity index (χ2v) is 8.11. The molecule has 0 saturated heterocycles. The van der Waals surface area contributed by atoms with E-state index in [1.807, 2.05) is 37.3 Å². The minimum atomic E-state index is -0.522. The quantitative estimate of drug-likeness (QED) is 0.637. The molecule has 1 aliphatic heterocycles. The first-order valence-corrected chi connectivity index (χ1v) is 11.2. The number of aliphatic hydroxyl groups is 1. The van der Waals surface area contributed by atoms with Crippen molar-refractivity contribution in [1.29, 1.82) is 0 Å². The van der Waals surface area contributed by atoms with E-state index in [0.717, 1.165) is 43.4 Å². The average Bonchev–Trinajstić information content (AvgIpc) is 2.78. The SMILES string of the molecule is CCO[C@H]1OC(C(=O)NC2CCCCC2)=C[C@@H](c2ccc(OC)cc2)[C@H]1CCCO. The van der Waals surface area contributed by atoms with Crippen LogP contribution >= 0.6 is 0 Å². The van der Waals surface area contributed by atoms with Crippen molar-refractivity contribution in [3.8, 4) is 5.75 Å². The number of aliphatic hydroxyl groups excluding tert-OH is 1. The van der Waals surface area contributed by atoms with E-state index in [9.17, 15) is 9.90 Å². The van der Waals surface area contributed by atoms with Gasteiger partial charge in [0.1, 0.15) is 5.75 Å². The summed E-state index contributed by atoms with van der Waals surface area (Å²) in [4.78, 5) is 13.0. The number of hydrogen-bond donors (Lipinski definition) is 2. The predicted octanol–water partition coefficient (Wildman–Crippen LogP) is 3.89. The van der Waals surface area contributed by atoms with Gasteiger partial charge >= 0.3 is 0 Å². The van der Waals surface area contributed by atoms with Crippen LogP contribution in [0.2, 0.25) is 0 Å². The third kappa shape index (κ3) is 5.76. The summed E-state index contributed by atoms with van der Waals surface area (Å²) in [5, 5.41) is 12.5. The number of rotatable bonds is 9. The zero-order valence-corrected chi connectivity index (χ0v) is 18.1. The van der Waals surface area contributed by atoms with E-state index in [0.29, 0.717) is 18.8 Å². The third-order valence-corrected chi connectivity index (χ3v) is 6.08. The van der Waals surface area contributed by atoms with Gasteiger partial charge in [0.2, 0.25) is 6.29 Å². The highest BCUT2D eigenvalue weighted by Gasteiger charge is 2.38. The Morgan fingerprint density at radius 3 is 2.57 bits per heavy atom. The van der Waals surface area contributed by atoms with Crippen LogP contribution in [0, 0.1) is 5.92 Å². The average molecular weight is 418 g/mol. The minimum absolute atomic E-state index is 0.0109. The van der Waals surface area contributed by atoms with Crippen molar-refractivity contribution in [1.82, 2.24) is 5.32 Å². The second kappa shape index (κ2) is 11.4. The number of carbonyl (C=O) groups excluding carboxylic acids is 1. The maximum atomic E-state index is 13.0. The molecule has 166 valence electrons. The molecule has 1 heterocycles. The summed E-state index contributed by atoms with van der Waals surface area (Å²) >= 11 is 0. The number of amides is 1. The molecular formula is C24H35NO5. The lowest BCUT2D eigenvalue weighted by atomic mass is 9.80.